The molecule has 1 atom stereocenters. The van der Waals surface area contributed by atoms with Crippen LogP contribution >= 0.6 is 0 Å². The molecular weight excluding hydrogens is 370 g/mol. The van der Waals surface area contributed by atoms with E-state index >= 15 is 0 Å². The van der Waals surface area contributed by atoms with Gasteiger partial charge in [0.25, 0.3) is 5.91 Å². The third-order valence-electron chi connectivity index (χ3n) is 5.18. The summed E-state index contributed by atoms with van der Waals surface area (Å²) in [7, 11) is 0. The van der Waals surface area contributed by atoms with Crippen LogP contribution in [0.1, 0.15) is 37.8 Å². The number of hydrogen-bond donors (Lipinski definition) is 0. The van der Waals surface area contributed by atoms with Gasteiger partial charge >= 0.3 is 0 Å². The lowest BCUT2D eigenvalue weighted by Gasteiger charge is -2.26. The minimum atomic E-state index is -0.00583. The summed E-state index contributed by atoms with van der Waals surface area (Å²) in [5.74, 6) is 3.00. The Kier molecular flexibility index (Phi) is 6.08. The molecular formula is C23H27NO5. The van der Waals surface area contributed by atoms with Crippen LogP contribution in [0, 0.1) is 0 Å². The molecule has 4 rings (SSSR count). The van der Waals surface area contributed by atoms with Crippen molar-refractivity contribution in [2.45, 2.75) is 32.2 Å². The summed E-state index contributed by atoms with van der Waals surface area (Å²) in [5, 5.41) is 0. The predicted octanol–water partition coefficient (Wildman–Crippen LogP) is 3.99. The lowest BCUT2D eigenvalue weighted by atomic mass is 10.0. The van der Waals surface area contributed by atoms with Gasteiger partial charge < -0.3 is 23.8 Å². The van der Waals surface area contributed by atoms with Gasteiger partial charge in [0.05, 0.1) is 12.6 Å². The zero-order chi connectivity index (χ0) is 20.1. The SMILES string of the molecule is CCCOc1ccc(OCC(=O)N2CCCC2c2ccc3c(c2)OCCO3)cc1. The molecule has 6 heteroatoms. The van der Waals surface area contributed by atoms with Gasteiger partial charge in [0.2, 0.25) is 0 Å². The van der Waals surface area contributed by atoms with Crippen molar-refractivity contribution in [3.05, 3.63) is 48.0 Å². The Balaban J connectivity index is 1.36. The van der Waals surface area contributed by atoms with Crippen LogP contribution in [0.25, 0.3) is 0 Å². The summed E-state index contributed by atoms with van der Waals surface area (Å²) in [5.41, 5.74) is 1.08. The van der Waals surface area contributed by atoms with Crippen molar-refractivity contribution in [2.24, 2.45) is 0 Å². The topological polar surface area (TPSA) is 57.2 Å². The first-order valence-corrected chi connectivity index (χ1v) is 10.3. The van der Waals surface area contributed by atoms with Crippen molar-refractivity contribution < 1.29 is 23.7 Å². The smallest absolute Gasteiger partial charge is 0.261 e. The van der Waals surface area contributed by atoms with Crippen molar-refractivity contribution in [1.29, 1.82) is 0 Å². The summed E-state index contributed by atoms with van der Waals surface area (Å²) in [6, 6.07) is 13.4. The van der Waals surface area contributed by atoms with Gasteiger partial charge in [0.15, 0.2) is 18.1 Å². The minimum Gasteiger partial charge on any atom is -0.494 e. The molecule has 0 aromatic heterocycles. The average molecular weight is 397 g/mol. The molecule has 2 heterocycles. The van der Waals surface area contributed by atoms with E-state index in [-0.39, 0.29) is 18.6 Å². The van der Waals surface area contributed by atoms with Gasteiger partial charge in [-0.1, -0.05) is 13.0 Å². The molecule has 154 valence electrons. The molecule has 0 spiro atoms. The van der Waals surface area contributed by atoms with E-state index in [1.54, 1.807) is 0 Å². The number of amides is 1. The fourth-order valence-electron chi connectivity index (χ4n) is 3.76. The molecule has 0 saturated carbocycles. The fraction of sp³-hybridized carbons (Fsp3) is 0.435. The van der Waals surface area contributed by atoms with Gasteiger partial charge in [-0.2, -0.15) is 0 Å². The van der Waals surface area contributed by atoms with Crippen molar-refractivity contribution in [1.82, 2.24) is 4.90 Å². The highest BCUT2D eigenvalue weighted by atomic mass is 16.6. The molecule has 1 fully saturated rings. The van der Waals surface area contributed by atoms with E-state index < -0.39 is 0 Å². The maximum absolute atomic E-state index is 12.8. The number of fused-ring (bicyclic) bond motifs is 1. The van der Waals surface area contributed by atoms with Crippen molar-refractivity contribution in [3.8, 4) is 23.0 Å². The quantitative estimate of drug-likeness (QED) is 0.707. The van der Waals surface area contributed by atoms with Crippen LogP contribution in [-0.2, 0) is 4.79 Å². The van der Waals surface area contributed by atoms with Gasteiger partial charge in [-0.05, 0) is 61.2 Å². The second kappa shape index (κ2) is 9.07. The Morgan fingerprint density at radius 2 is 1.76 bits per heavy atom. The lowest BCUT2D eigenvalue weighted by Crippen LogP contribution is -2.34. The van der Waals surface area contributed by atoms with Crippen molar-refractivity contribution in [3.63, 3.8) is 0 Å². The maximum atomic E-state index is 12.8. The van der Waals surface area contributed by atoms with Crippen LogP contribution in [0.15, 0.2) is 42.5 Å². The zero-order valence-corrected chi connectivity index (χ0v) is 16.8. The molecule has 0 aliphatic carbocycles. The second-order valence-electron chi connectivity index (χ2n) is 7.26. The van der Waals surface area contributed by atoms with Crippen LogP contribution in [0.4, 0.5) is 0 Å². The van der Waals surface area contributed by atoms with E-state index in [0.29, 0.717) is 25.6 Å². The van der Waals surface area contributed by atoms with Crippen LogP contribution in [0.2, 0.25) is 0 Å². The number of ether oxygens (including phenoxy) is 4. The van der Waals surface area contributed by atoms with E-state index in [0.717, 1.165) is 48.6 Å². The first-order chi connectivity index (χ1) is 14.2. The summed E-state index contributed by atoms with van der Waals surface area (Å²) in [4.78, 5) is 14.7. The second-order valence-corrected chi connectivity index (χ2v) is 7.26. The van der Waals surface area contributed by atoms with Gasteiger partial charge in [-0.15, -0.1) is 0 Å². The molecule has 6 nitrogen and oxygen atoms in total. The molecule has 1 amide bonds. The summed E-state index contributed by atoms with van der Waals surface area (Å²) in [6.07, 6.45) is 2.89. The lowest BCUT2D eigenvalue weighted by molar-refractivity contribution is -0.134. The molecule has 1 saturated heterocycles. The molecule has 2 aromatic carbocycles. The van der Waals surface area contributed by atoms with Crippen LogP contribution in [-0.4, -0.2) is 43.8 Å². The molecule has 2 aromatic rings. The highest BCUT2D eigenvalue weighted by Gasteiger charge is 2.31. The Morgan fingerprint density at radius 1 is 1.03 bits per heavy atom. The Hall–Kier alpha value is -2.89. The molecule has 2 aliphatic rings. The summed E-state index contributed by atoms with van der Waals surface area (Å²) in [6.45, 7) is 4.65. The van der Waals surface area contributed by atoms with Crippen LogP contribution in [0.5, 0.6) is 23.0 Å². The largest absolute Gasteiger partial charge is 0.494 e. The number of carbonyl (C=O) groups excluding carboxylic acids is 1. The third-order valence-corrected chi connectivity index (χ3v) is 5.18. The van der Waals surface area contributed by atoms with Gasteiger partial charge in [-0.3, -0.25) is 4.79 Å². The molecule has 0 N–H and O–H groups in total. The number of rotatable bonds is 7. The van der Waals surface area contributed by atoms with Crippen molar-refractivity contribution in [2.75, 3.05) is 33.0 Å². The van der Waals surface area contributed by atoms with E-state index in [4.69, 9.17) is 18.9 Å². The van der Waals surface area contributed by atoms with E-state index in [1.165, 1.54) is 0 Å². The van der Waals surface area contributed by atoms with E-state index in [2.05, 4.69) is 6.92 Å². The number of nitrogens with zero attached hydrogens (tertiary/aromatic N) is 1. The van der Waals surface area contributed by atoms with Gasteiger partial charge in [0, 0.05) is 6.54 Å². The summed E-state index contributed by atoms with van der Waals surface area (Å²) >= 11 is 0. The molecule has 0 bridgehead atoms. The number of hydrogen-bond acceptors (Lipinski definition) is 5. The van der Waals surface area contributed by atoms with Gasteiger partial charge in [-0.25, -0.2) is 0 Å². The molecule has 0 radical (unpaired) electrons. The first-order valence-electron chi connectivity index (χ1n) is 10.3. The van der Waals surface area contributed by atoms with Crippen molar-refractivity contribution >= 4 is 5.91 Å². The van der Waals surface area contributed by atoms with Gasteiger partial charge in [0.1, 0.15) is 24.7 Å². The maximum Gasteiger partial charge on any atom is 0.261 e. The molecule has 2 aliphatic heterocycles. The molecule has 29 heavy (non-hydrogen) atoms. The van der Waals surface area contributed by atoms with Crippen LogP contribution in [0.3, 0.4) is 0 Å². The molecule has 1 unspecified atom stereocenters. The van der Waals surface area contributed by atoms with E-state index in [1.807, 2.05) is 47.4 Å². The average Bonchev–Trinajstić information content (AvgIpc) is 3.26. The zero-order valence-electron chi connectivity index (χ0n) is 16.8. The minimum absolute atomic E-state index is 0.00583. The normalized spacial score (nSPS) is 17.8. The highest BCUT2D eigenvalue weighted by Crippen LogP contribution is 2.38. The Labute approximate surface area is 171 Å². The Morgan fingerprint density at radius 3 is 2.52 bits per heavy atom. The van der Waals surface area contributed by atoms with E-state index in [9.17, 15) is 4.79 Å². The number of benzene rings is 2. The monoisotopic (exact) mass is 397 g/mol. The summed E-state index contributed by atoms with van der Waals surface area (Å²) < 4.78 is 22.6. The highest BCUT2D eigenvalue weighted by molar-refractivity contribution is 5.78. The third kappa shape index (κ3) is 4.58. The van der Waals surface area contributed by atoms with Crippen LogP contribution < -0.4 is 18.9 Å². The standard InChI is InChI=1S/C23H27NO5/c1-2-12-26-18-6-8-19(9-7-18)29-16-23(25)24-11-3-4-20(24)17-5-10-21-22(15-17)28-14-13-27-21/h5-10,15,20H,2-4,11-14,16H2,1H3. The fourth-order valence-corrected chi connectivity index (χ4v) is 3.76. The first kappa shape index (κ1) is 19.4. The number of likely N-dealkylation sites (tertiary alicyclic amines) is 1. The predicted molar refractivity (Wildman–Crippen MR) is 109 cm³/mol. The number of carbonyl (C=O) groups is 1. The Bertz CT molecular complexity index is 836.